The summed E-state index contributed by atoms with van der Waals surface area (Å²) in [5.74, 6) is 2.59. The van der Waals surface area contributed by atoms with Gasteiger partial charge in [-0.2, -0.15) is 0 Å². The molecule has 1 N–H and O–H groups in total. The fraction of sp³-hybridized carbons (Fsp3) is 0.450. The Labute approximate surface area is 158 Å². The van der Waals surface area contributed by atoms with Crippen molar-refractivity contribution in [2.24, 2.45) is 0 Å². The van der Waals surface area contributed by atoms with Gasteiger partial charge in [-0.1, -0.05) is 6.07 Å². The van der Waals surface area contributed by atoms with E-state index in [1.807, 2.05) is 23.1 Å². The molecule has 0 saturated carbocycles. The molecule has 0 aliphatic carbocycles. The van der Waals surface area contributed by atoms with Gasteiger partial charge in [-0.15, -0.1) is 0 Å². The van der Waals surface area contributed by atoms with Gasteiger partial charge in [0.2, 0.25) is 0 Å². The van der Waals surface area contributed by atoms with Gasteiger partial charge in [0.15, 0.2) is 11.5 Å². The Hall–Kier alpha value is -2.51. The standard InChI is InChI=1S/C20H24N2O5/c23-14-16-6-5-15(27-16)13-21-7-2-8-22(10-9-21)20(24)17-3-1-4-18-19(17)26-12-11-25-18/h1,3-6,23H,2,7-14H2. The van der Waals surface area contributed by atoms with Crippen molar-refractivity contribution < 1.29 is 23.8 Å². The molecule has 1 saturated heterocycles. The first kappa shape index (κ1) is 17.9. The van der Waals surface area contributed by atoms with E-state index in [1.165, 1.54) is 0 Å². The van der Waals surface area contributed by atoms with Crippen LogP contribution in [0.15, 0.2) is 34.7 Å². The lowest BCUT2D eigenvalue weighted by molar-refractivity contribution is 0.0750. The average molecular weight is 372 g/mol. The Morgan fingerprint density at radius 3 is 2.70 bits per heavy atom. The summed E-state index contributed by atoms with van der Waals surface area (Å²) in [6.45, 7) is 4.59. The largest absolute Gasteiger partial charge is 0.486 e. The van der Waals surface area contributed by atoms with Gasteiger partial charge in [0.1, 0.15) is 31.3 Å². The third-order valence-corrected chi connectivity index (χ3v) is 4.92. The summed E-state index contributed by atoms with van der Waals surface area (Å²) in [7, 11) is 0. The molecule has 2 aromatic rings. The van der Waals surface area contributed by atoms with Crippen molar-refractivity contribution in [2.75, 3.05) is 39.4 Å². The average Bonchev–Trinajstić information content (AvgIpc) is 3.04. The molecule has 7 heteroatoms. The summed E-state index contributed by atoms with van der Waals surface area (Å²) in [5, 5.41) is 9.12. The zero-order valence-corrected chi connectivity index (χ0v) is 15.2. The minimum Gasteiger partial charge on any atom is -0.486 e. The number of carbonyl (C=O) groups excluding carboxylic acids is 1. The van der Waals surface area contributed by atoms with E-state index in [0.29, 0.717) is 55.7 Å². The highest BCUT2D eigenvalue weighted by Crippen LogP contribution is 2.34. The lowest BCUT2D eigenvalue weighted by atomic mass is 10.1. The highest BCUT2D eigenvalue weighted by atomic mass is 16.6. The molecule has 0 radical (unpaired) electrons. The highest BCUT2D eigenvalue weighted by molar-refractivity contribution is 5.98. The lowest BCUT2D eigenvalue weighted by Gasteiger charge is -2.25. The van der Waals surface area contributed by atoms with Crippen LogP contribution in [-0.2, 0) is 13.2 Å². The van der Waals surface area contributed by atoms with Crippen molar-refractivity contribution in [3.05, 3.63) is 47.4 Å². The van der Waals surface area contributed by atoms with E-state index < -0.39 is 0 Å². The van der Waals surface area contributed by atoms with Gasteiger partial charge >= 0.3 is 0 Å². The van der Waals surface area contributed by atoms with Crippen molar-refractivity contribution in [1.82, 2.24) is 9.80 Å². The Morgan fingerprint density at radius 1 is 1.00 bits per heavy atom. The quantitative estimate of drug-likeness (QED) is 0.883. The number of hydrogen-bond acceptors (Lipinski definition) is 6. The van der Waals surface area contributed by atoms with E-state index >= 15 is 0 Å². The summed E-state index contributed by atoms with van der Waals surface area (Å²) in [5.41, 5.74) is 0.569. The minimum absolute atomic E-state index is 0.0141. The van der Waals surface area contributed by atoms with Gasteiger partial charge in [0.05, 0.1) is 12.1 Å². The van der Waals surface area contributed by atoms with E-state index in [1.54, 1.807) is 12.1 Å². The smallest absolute Gasteiger partial charge is 0.257 e. The number of amides is 1. The predicted octanol–water partition coefficient (Wildman–Crippen LogP) is 1.89. The van der Waals surface area contributed by atoms with E-state index in [9.17, 15) is 4.79 Å². The summed E-state index contributed by atoms with van der Waals surface area (Å²) >= 11 is 0. The summed E-state index contributed by atoms with van der Waals surface area (Å²) < 4.78 is 16.9. The number of carbonyl (C=O) groups is 1. The third-order valence-electron chi connectivity index (χ3n) is 4.92. The molecule has 0 bridgehead atoms. The number of hydrogen-bond donors (Lipinski definition) is 1. The first-order valence-corrected chi connectivity index (χ1v) is 9.33. The SMILES string of the molecule is O=C(c1cccc2c1OCCO2)N1CCCN(Cc2ccc(CO)o2)CC1. The Balaban J connectivity index is 1.41. The fourth-order valence-electron chi connectivity index (χ4n) is 3.56. The van der Waals surface area contributed by atoms with Crippen LogP contribution in [0, 0.1) is 0 Å². The van der Waals surface area contributed by atoms with Crippen molar-refractivity contribution >= 4 is 5.91 Å². The van der Waals surface area contributed by atoms with Gasteiger partial charge in [-0.3, -0.25) is 9.69 Å². The predicted molar refractivity (Wildman–Crippen MR) is 97.9 cm³/mol. The summed E-state index contributed by atoms with van der Waals surface area (Å²) in [6, 6.07) is 9.16. The summed E-state index contributed by atoms with van der Waals surface area (Å²) in [6.07, 6.45) is 0.895. The fourth-order valence-corrected chi connectivity index (χ4v) is 3.56. The van der Waals surface area contributed by atoms with Crippen LogP contribution in [0.5, 0.6) is 11.5 Å². The Kier molecular flexibility index (Phi) is 5.31. The number of nitrogens with zero attached hydrogens (tertiary/aromatic N) is 2. The van der Waals surface area contributed by atoms with Crippen LogP contribution in [0.4, 0.5) is 0 Å². The topological polar surface area (TPSA) is 75.4 Å². The van der Waals surface area contributed by atoms with Crippen LogP contribution in [0.1, 0.15) is 28.3 Å². The second-order valence-corrected chi connectivity index (χ2v) is 6.78. The second-order valence-electron chi connectivity index (χ2n) is 6.78. The summed E-state index contributed by atoms with van der Waals surface area (Å²) in [4.78, 5) is 17.2. The molecule has 4 rings (SSSR count). The second kappa shape index (κ2) is 8.02. The zero-order chi connectivity index (χ0) is 18.6. The molecule has 1 fully saturated rings. The molecule has 0 unspecified atom stereocenters. The number of aliphatic hydroxyl groups is 1. The molecule has 2 aliphatic heterocycles. The maximum absolute atomic E-state index is 13.1. The Bertz CT molecular complexity index is 803. The number of ether oxygens (including phenoxy) is 2. The van der Waals surface area contributed by atoms with Crippen molar-refractivity contribution in [3.8, 4) is 11.5 Å². The van der Waals surface area contributed by atoms with Crippen LogP contribution >= 0.6 is 0 Å². The number of para-hydroxylation sites is 1. The molecule has 7 nitrogen and oxygen atoms in total. The molecule has 27 heavy (non-hydrogen) atoms. The Morgan fingerprint density at radius 2 is 1.85 bits per heavy atom. The highest BCUT2D eigenvalue weighted by Gasteiger charge is 2.26. The first-order valence-electron chi connectivity index (χ1n) is 9.33. The van der Waals surface area contributed by atoms with Crippen LogP contribution < -0.4 is 9.47 Å². The monoisotopic (exact) mass is 372 g/mol. The minimum atomic E-state index is -0.0878. The van der Waals surface area contributed by atoms with Crippen molar-refractivity contribution in [1.29, 1.82) is 0 Å². The number of rotatable bonds is 4. The molecule has 1 aromatic heterocycles. The first-order chi connectivity index (χ1) is 13.2. The van der Waals surface area contributed by atoms with Gasteiger partial charge in [0, 0.05) is 26.2 Å². The number of benzene rings is 1. The number of furan rings is 1. The van der Waals surface area contributed by atoms with Gasteiger partial charge < -0.3 is 23.9 Å². The van der Waals surface area contributed by atoms with Crippen molar-refractivity contribution in [2.45, 2.75) is 19.6 Å². The molecule has 3 heterocycles. The molecule has 0 spiro atoms. The van der Waals surface area contributed by atoms with Crippen LogP contribution in [0.25, 0.3) is 0 Å². The maximum Gasteiger partial charge on any atom is 0.257 e. The number of aliphatic hydroxyl groups excluding tert-OH is 1. The van der Waals surface area contributed by atoms with Crippen molar-refractivity contribution in [3.63, 3.8) is 0 Å². The van der Waals surface area contributed by atoms with Gasteiger partial charge in [0.25, 0.3) is 5.91 Å². The van der Waals surface area contributed by atoms with E-state index in [4.69, 9.17) is 19.0 Å². The molecular weight excluding hydrogens is 348 g/mol. The molecule has 2 aliphatic rings. The van der Waals surface area contributed by atoms with Gasteiger partial charge in [-0.25, -0.2) is 0 Å². The zero-order valence-electron chi connectivity index (χ0n) is 15.2. The normalized spacial score (nSPS) is 17.6. The van der Waals surface area contributed by atoms with E-state index in [2.05, 4.69) is 4.90 Å². The van der Waals surface area contributed by atoms with Crippen LogP contribution in [0.3, 0.4) is 0 Å². The lowest BCUT2D eigenvalue weighted by Crippen LogP contribution is -2.35. The molecule has 0 atom stereocenters. The van der Waals surface area contributed by atoms with Gasteiger partial charge in [-0.05, 0) is 30.7 Å². The molecule has 144 valence electrons. The van der Waals surface area contributed by atoms with Crippen LogP contribution in [-0.4, -0.2) is 60.2 Å². The van der Waals surface area contributed by atoms with E-state index in [0.717, 1.165) is 25.3 Å². The molecular formula is C20H24N2O5. The maximum atomic E-state index is 13.1. The molecule has 1 aromatic carbocycles. The third kappa shape index (κ3) is 3.94. The van der Waals surface area contributed by atoms with Crippen LogP contribution in [0.2, 0.25) is 0 Å². The van der Waals surface area contributed by atoms with E-state index in [-0.39, 0.29) is 12.5 Å². The molecule has 1 amide bonds. The number of fused-ring (bicyclic) bond motifs is 1.